The van der Waals surface area contributed by atoms with Crippen LogP contribution in [0.15, 0.2) is 109 Å². The number of nitrogens with one attached hydrogen (secondary N) is 1. The number of ketones is 2. The Morgan fingerprint density at radius 1 is 0.954 bits per heavy atom. The van der Waals surface area contributed by atoms with Crippen molar-refractivity contribution in [2.24, 2.45) is 28.4 Å². The lowest BCUT2D eigenvalue weighted by Gasteiger charge is -2.62. The Labute approximate surface area is 375 Å². The summed E-state index contributed by atoms with van der Waals surface area (Å²) in [6.45, 7) is 6.22. The number of aliphatic hydroxyl groups excluding tert-OH is 1. The first-order chi connectivity index (χ1) is 30.9. The van der Waals surface area contributed by atoms with Crippen LogP contribution in [-0.2, 0) is 39.9 Å². The highest BCUT2D eigenvalue weighted by molar-refractivity contribution is 6.01. The van der Waals surface area contributed by atoms with Crippen molar-refractivity contribution in [2.45, 2.75) is 95.2 Å². The van der Waals surface area contributed by atoms with Crippen LogP contribution >= 0.6 is 0 Å². The zero-order valence-corrected chi connectivity index (χ0v) is 36.7. The van der Waals surface area contributed by atoms with Crippen LogP contribution in [0.1, 0.15) is 91.1 Å². The summed E-state index contributed by atoms with van der Waals surface area (Å²) in [5.41, 5.74) is 2.63. The third-order valence-electron chi connectivity index (χ3n) is 14.9. The molecule has 338 valence electrons. The second kappa shape index (κ2) is 16.2. The molecule has 3 saturated carbocycles. The number of hydrogen-bond donors (Lipinski definition) is 3. The van der Waals surface area contributed by atoms with E-state index < -0.39 is 82.2 Å². The van der Waals surface area contributed by atoms with E-state index >= 15 is 4.39 Å². The van der Waals surface area contributed by atoms with E-state index in [9.17, 15) is 29.1 Å². The summed E-state index contributed by atoms with van der Waals surface area (Å²) in [6, 6.07) is 20.2. The molecule has 1 aromatic heterocycles. The number of aromatic nitrogens is 1. The molecule has 4 N–H and O–H groups in total. The molecular formula is C51H52FN3O10. The van der Waals surface area contributed by atoms with Gasteiger partial charge in [-0.3, -0.25) is 19.4 Å². The molecule has 4 aliphatic carbocycles. The molecular weight excluding hydrogens is 834 g/mol. The lowest BCUT2D eigenvalue weighted by Crippen LogP contribution is -2.70. The Bertz CT molecular complexity index is 2680. The fourth-order valence-corrected chi connectivity index (χ4v) is 11.8. The number of nitrogens with zero attached hydrogens (tertiary/aromatic N) is 1. The quantitative estimate of drug-likeness (QED) is 0.133. The highest BCUT2D eigenvalue weighted by Gasteiger charge is 2.80. The molecule has 4 aromatic rings. The van der Waals surface area contributed by atoms with Crippen molar-refractivity contribution >= 4 is 45.9 Å². The molecule has 5 aliphatic rings. The van der Waals surface area contributed by atoms with Crippen LogP contribution in [0, 0.1) is 22.7 Å². The molecule has 14 heteroatoms. The Balaban J connectivity index is 0.839. The Morgan fingerprint density at radius 3 is 2.43 bits per heavy atom. The van der Waals surface area contributed by atoms with Gasteiger partial charge in [-0.1, -0.05) is 55.0 Å². The summed E-state index contributed by atoms with van der Waals surface area (Å²) in [5, 5.41) is 16.7. The maximum absolute atomic E-state index is 17.8. The monoisotopic (exact) mass is 885 g/mol. The van der Waals surface area contributed by atoms with Crippen molar-refractivity contribution in [3.63, 3.8) is 0 Å². The van der Waals surface area contributed by atoms with E-state index in [1.165, 1.54) is 36.4 Å². The Hall–Kier alpha value is -5.93. The third kappa shape index (κ3) is 7.22. The molecule has 1 amide bonds. The van der Waals surface area contributed by atoms with E-state index in [0.717, 1.165) is 10.8 Å². The van der Waals surface area contributed by atoms with Crippen molar-refractivity contribution in [3.05, 3.63) is 131 Å². The van der Waals surface area contributed by atoms with Gasteiger partial charge in [0, 0.05) is 46.8 Å². The second-order valence-corrected chi connectivity index (χ2v) is 19.0. The highest BCUT2D eigenvalue weighted by Crippen LogP contribution is 2.72. The van der Waals surface area contributed by atoms with Gasteiger partial charge < -0.3 is 35.1 Å². The summed E-state index contributed by atoms with van der Waals surface area (Å²) in [4.78, 5) is 71.0. The Kier molecular flexibility index (Phi) is 11.0. The van der Waals surface area contributed by atoms with Gasteiger partial charge >= 0.3 is 11.9 Å². The van der Waals surface area contributed by atoms with Crippen LogP contribution in [0.5, 0.6) is 0 Å². The number of carbonyl (C=O) groups excluding carboxylic acids is 5. The summed E-state index contributed by atoms with van der Waals surface area (Å²) < 4.78 is 41.9. The van der Waals surface area contributed by atoms with Gasteiger partial charge in [-0.25, -0.2) is 14.0 Å². The van der Waals surface area contributed by atoms with Crippen molar-refractivity contribution in [2.75, 3.05) is 18.5 Å². The molecule has 1 aliphatic heterocycles. The number of fused-ring (bicyclic) bond motifs is 8. The third-order valence-corrected chi connectivity index (χ3v) is 14.9. The van der Waals surface area contributed by atoms with Crippen LogP contribution < -0.4 is 11.1 Å². The maximum atomic E-state index is 17.8. The maximum Gasteiger partial charge on any atom is 0.338 e. The van der Waals surface area contributed by atoms with Crippen molar-refractivity contribution < 1.29 is 52.4 Å². The number of carbonyl (C=O) groups is 5. The number of benzene rings is 3. The fourth-order valence-electron chi connectivity index (χ4n) is 11.8. The minimum atomic E-state index is -2.12. The largest absolute Gasteiger partial charge is 0.457 e. The molecule has 0 radical (unpaired) electrons. The summed E-state index contributed by atoms with van der Waals surface area (Å²) in [6.07, 6.45) is 6.51. The normalized spacial score (nSPS) is 31.1. The van der Waals surface area contributed by atoms with Gasteiger partial charge in [0.1, 0.15) is 6.61 Å². The molecule has 0 spiro atoms. The SMILES string of the molecule is CC1(C)O[C@@H]2C[C@H]3[C@@H]4CCC5=CC(=O)C=C[C@]5(C)[C@@]4(F)[C@@H](O)C[C@]3(C)[C@]2(C(=O)COC(=O)c2cccc(C(=O)OCc3ccc([C@@H](CN)C(=O)Nc4ccc5cnccc5c4)cc3)c2)O1. The van der Waals surface area contributed by atoms with Gasteiger partial charge in [-0.15, -0.1) is 0 Å². The molecule has 4 fully saturated rings. The molecule has 9 atom stereocenters. The number of anilines is 1. The zero-order valence-electron chi connectivity index (χ0n) is 36.7. The van der Waals surface area contributed by atoms with Crippen LogP contribution in [0.3, 0.4) is 0 Å². The van der Waals surface area contributed by atoms with Crippen LogP contribution in [0.2, 0.25) is 0 Å². The van der Waals surface area contributed by atoms with E-state index in [2.05, 4.69) is 10.3 Å². The average molecular weight is 886 g/mol. The summed E-state index contributed by atoms with van der Waals surface area (Å²) >= 11 is 0. The second-order valence-electron chi connectivity index (χ2n) is 19.0. The van der Waals surface area contributed by atoms with Crippen molar-refractivity contribution in [3.8, 4) is 0 Å². The number of halogens is 1. The lowest BCUT2D eigenvalue weighted by atomic mass is 9.44. The van der Waals surface area contributed by atoms with Gasteiger partial charge in [-0.2, -0.15) is 0 Å². The molecule has 65 heavy (non-hydrogen) atoms. The predicted molar refractivity (Wildman–Crippen MR) is 236 cm³/mol. The van der Waals surface area contributed by atoms with Crippen LogP contribution in [-0.4, -0.2) is 81.9 Å². The number of aliphatic hydroxyl groups is 1. The van der Waals surface area contributed by atoms with Gasteiger partial charge in [0.25, 0.3) is 0 Å². The van der Waals surface area contributed by atoms with E-state index in [1.54, 1.807) is 69.6 Å². The van der Waals surface area contributed by atoms with Crippen LogP contribution in [0.4, 0.5) is 10.1 Å². The minimum Gasteiger partial charge on any atom is -0.457 e. The summed E-state index contributed by atoms with van der Waals surface area (Å²) in [5.74, 6) is -5.58. The number of pyridine rings is 1. The summed E-state index contributed by atoms with van der Waals surface area (Å²) in [7, 11) is 0. The smallest absolute Gasteiger partial charge is 0.338 e. The molecule has 0 unspecified atom stereocenters. The number of amides is 1. The number of nitrogens with two attached hydrogens (primary N) is 1. The lowest BCUT2D eigenvalue weighted by molar-refractivity contribution is -0.246. The Morgan fingerprint density at radius 2 is 1.69 bits per heavy atom. The number of esters is 2. The topological polar surface area (TPSA) is 193 Å². The minimum absolute atomic E-state index is 0.00510. The van der Waals surface area contributed by atoms with E-state index in [4.69, 9.17) is 24.7 Å². The first-order valence-corrected chi connectivity index (χ1v) is 22.0. The number of alkyl halides is 1. The zero-order chi connectivity index (χ0) is 46.1. The molecule has 2 heterocycles. The molecule has 0 bridgehead atoms. The molecule has 13 nitrogen and oxygen atoms in total. The average Bonchev–Trinajstić information content (AvgIpc) is 3.70. The van der Waals surface area contributed by atoms with Crippen molar-refractivity contribution in [1.82, 2.24) is 4.98 Å². The fraction of sp³-hybridized carbons (Fsp3) is 0.412. The predicted octanol–water partition coefficient (Wildman–Crippen LogP) is 6.87. The van der Waals surface area contributed by atoms with Gasteiger partial charge in [0.05, 0.1) is 29.3 Å². The first kappa shape index (κ1) is 44.3. The van der Waals surface area contributed by atoms with E-state index in [-0.39, 0.29) is 48.8 Å². The van der Waals surface area contributed by atoms with Gasteiger partial charge in [0.15, 0.2) is 29.4 Å². The van der Waals surface area contributed by atoms with Crippen molar-refractivity contribution in [1.29, 1.82) is 0 Å². The standard InChI is InChI=1S/C51H52FN3O10/c1-47(2)64-43-23-40-39-15-13-35-22-37(56)16-18-48(35,3)50(39,52)41(57)24-49(40,4)51(43,65-47)42(58)28-63-46(61)33-7-5-6-32(20-33)45(60)62-27-29-8-10-30(11-9-29)38(25-53)44(59)55-36-14-12-34-26-54-19-17-31(34)21-36/h5-12,14,16-22,26,38-41,43,57H,13,15,23-25,27-28,53H2,1-4H3,(H,55,59)/t38-,39+,40+,41+,43-,48+,49+,50+,51-/m1/s1. The number of Topliss-reactive ketones (excluding diaryl/α,β-unsaturated/α-hetero) is 1. The number of ether oxygens (including phenoxy) is 4. The number of allylic oxidation sites excluding steroid dienone is 4. The molecule has 3 aromatic carbocycles. The first-order valence-electron chi connectivity index (χ1n) is 22.0. The van der Waals surface area contributed by atoms with Gasteiger partial charge in [0.2, 0.25) is 11.7 Å². The van der Waals surface area contributed by atoms with E-state index in [0.29, 0.717) is 35.2 Å². The van der Waals surface area contributed by atoms with E-state index in [1.807, 2.05) is 25.1 Å². The number of rotatable bonds is 11. The molecule has 9 rings (SSSR count). The molecule has 1 saturated heterocycles. The highest BCUT2D eigenvalue weighted by atomic mass is 19.1. The number of hydrogen-bond acceptors (Lipinski definition) is 12. The van der Waals surface area contributed by atoms with Gasteiger partial charge in [-0.05, 0) is 117 Å². The van der Waals surface area contributed by atoms with Crippen LogP contribution in [0.25, 0.3) is 10.8 Å².